The van der Waals surface area contributed by atoms with Crippen LogP contribution in [-0.2, 0) is 4.79 Å². The molecule has 0 saturated carbocycles. The van der Waals surface area contributed by atoms with E-state index in [9.17, 15) is 13.6 Å². The molecule has 0 radical (unpaired) electrons. The second kappa shape index (κ2) is 9.82. The fourth-order valence-corrected chi connectivity index (χ4v) is 3.21. The lowest BCUT2D eigenvalue weighted by Gasteiger charge is -2.32. The number of benzene rings is 1. The smallest absolute Gasteiger partial charge is 0.234 e. The minimum Gasteiger partial charge on any atom is -0.385 e. The van der Waals surface area contributed by atoms with E-state index in [1.807, 2.05) is 20.8 Å². The summed E-state index contributed by atoms with van der Waals surface area (Å²) in [6.45, 7) is 12.9. The topological polar surface area (TPSA) is 44.4 Å². The van der Waals surface area contributed by atoms with Crippen molar-refractivity contribution in [3.8, 4) is 0 Å². The molecule has 154 valence electrons. The second-order valence-electron chi connectivity index (χ2n) is 8.46. The monoisotopic (exact) mass is 391 g/mol. The van der Waals surface area contributed by atoms with Crippen molar-refractivity contribution in [2.75, 3.05) is 26.2 Å². The molecule has 4 nitrogen and oxygen atoms in total. The Balaban J connectivity index is 1.69. The van der Waals surface area contributed by atoms with E-state index in [0.717, 1.165) is 38.5 Å². The van der Waals surface area contributed by atoms with Crippen LogP contribution in [0.3, 0.4) is 0 Å². The van der Waals surface area contributed by atoms with Crippen molar-refractivity contribution >= 4 is 12.0 Å². The minimum absolute atomic E-state index is 0.0661. The highest BCUT2D eigenvalue weighted by Crippen LogP contribution is 2.17. The number of nitrogens with zero attached hydrogens (tertiary/aromatic N) is 1. The summed E-state index contributed by atoms with van der Waals surface area (Å²) >= 11 is 0. The average molecular weight is 392 g/mol. The lowest BCUT2D eigenvalue weighted by molar-refractivity contribution is -0.124. The van der Waals surface area contributed by atoms with Crippen molar-refractivity contribution < 1.29 is 13.6 Å². The zero-order valence-corrected chi connectivity index (χ0v) is 17.0. The van der Waals surface area contributed by atoms with E-state index in [4.69, 9.17) is 0 Å². The first kappa shape index (κ1) is 22.1. The zero-order chi connectivity index (χ0) is 20.7. The Morgan fingerprint density at radius 3 is 2.39 bits per heavy atom. The van der Waals surface area contributed by atoms with Gasteiger partial charge >= 0.3 is 0 Å². The lowest BCUT2D eigenvalue weighted by Crippen LogP contribution is -2.48. The summed E-state index contributed by atoms with van der Waals surface area (Å²) in [6, 6.07) is 3.40. The Hall–Kier alpha value is -2.21. The second-order valence-corrected chi connectivity index (χ2v) is 8.46. The maximum absolute atomic E-state index is 13.2. The highest BCUT2D eigenvalue weighted by molar-refractivity contribution is 5.78. The van der Waals surface area contributed by atoms with Gasteiger partial charge in [-0.1, -0.05) is 12.7 Å². The number of carbonyl (C=O) groups is 1. The minimum atomic E-state index is -0.596. The van der Waals surface area contributed by atoms with Crippen molar-refractivity contribution in [2.24, 2.45) is 5.92 Å². The average Bonchev–Trinajstić information content (AvgIpc) is 2.57. The molecule has 0 bridgehead atoms. The van der Waals surface area contributed by atoms with E-state index in [0.29, 0.717) is 23.7 Å². The molecule has 28 heavy (non-hydrogen) atoms. The number of hydrogen-bond donors (Lipinski definition) is 2. The number of carbonyl (C=O) groups excluding carboxylic acids is 1. The predicted molar refractivity (Wildman–Crippen MR) is 110 cm³/mol. The molecule has 0 unspecified atom stereocenters. The van der Waals surface area contributed by atoms with Crippen molar-refractivity contribution in [1.82, 2.24) is 15.5 Å². The Morgan fingerprint density at radius 1 is 1.21 bits per heavy atom. The van der Waals surface area contributed by atoms with Crippen molar-refractivity contribution in [3.05, 3.63) is 53.7 Å². The van der Waals surface area contributed by atoms with E-state index in [2.05, 4.69) is 22.1 Å². The van der Waals surface area contributed by atoms with Crippen molar-refractivity contribution in [2.45, 2.75) is 39.2 Å². The molecule has 1 aromatic carbocycles. The number of likely N-dealkylation sites (tertiary alicyclic amines) is 1. The molecule has 1 fully saturated rings. The van der Waals surface area contributed by atoms with Gasteiger partial charge in [0.05, 0.1) is 6.54 Å². The van der Waals surface area contributed by atoms with Crippen LogP contribution in [0.1, 0.15) is 39.2 Å². The van der Waals surface area contributed by atoms with Gasteiger partial charge < -0.3 is 10.6 Å². The highest BCUT2D eigenvalue weighted by Gasteiger charge is 2.22. The fourth-order valence-electron chi connectivity index (χ4n) is 3.21. The van der Waals surface area contributed by atoms with Crippen molar-refractivity contribution in [3.63, 3.8) is 0 Å². The third-order valence-electron chi connectivity index (χ3n) is 4.57. The van der Waals surface area contributed by atoms with Gasteiger partial charge in [-0.15, -0.1) is 0 Å². The van der Waals surface area contributed by atoms with Crippen LogP contribution >= 0.6 is 0 Å². The molecule has 0 atom stereocenters. The van der Waals surface area contributed by atoms with Gasteiger partial charge in [0, 0.05) is 23.8 Å². The van der Waals surface area contributed by atoms with Crippen LogP contribution in [-0.4, -0.2) is 42.5 Å². The molecule has 1 aliphatic heterocycles. The van der Waals surface area contributed by atoms with Crippen LogP contribution in [0, 0.1) is 17.6 Å². The summed E-state index contributed by atoms with van der Waals surface area (Å²) in [5.74, 6) is -0.614. The third-order valence-corrected chi connectivity index (χ3v) is 4.57. The summed E-state index contributed by atoms with van der Waals surface area (Å²) in [7, 11) is 0. The molecular formula is C22H31F2N3O. The summed E-state index contributed by atoms with van der Waals surface area (Å²) in [5.41, 5.74) is 0.962. The molecule has 1 saturated heterocycles. The number of rotatable bonds is 7. The van der Waals surface area contributed by atoms with Crippen molar-refractivity contribution in [1.29, 1.82) is 0 Å². The molecule has 1 amide bonds. The number of amides is 1. The molecule has 1 aliphatic rings. The predicted octanol–water partition coefficient (Wildman–Crippen LogP) is 3.71. The number of allylic oxidation sites excluding steroid dienone is 1. The Morgan fingerprint density at radius 2 is 1.82 bits per heavy atom. The summed E-state index contributed by atoms with van der Waals surface area (Å²) < 4.78 is 26.4. The maximum atomic E-state index is 13.2. The largest absolute Gasteiger partial charge is 0.385 e. The van der Waals surface area contributed by atoms with E-state index < -0.39 is 11.6 Å². The zero-order valence-electron chi connectivity index (χ0n) is 17.0. The van der Waals surface area contributed by atoms with Gasteiger partial charge in [0.2, 0.25) is 5.91 Å². The van der Waals surface area contributed by atoms with Crippen LogP contribution in [0.5, 0.6) is 0 Å². The quantitative estimate of drug-likeness (QED) is 0.697. The first-order chi connectivity index (χ1) is 13.1. The van der Waals surface area contributed by atoms with Gasteiger partial charge in [-0.2, -0.15) is 0 Å². The standard InChI is InChI=1S/C22H31F2N3O/c1-16(5-6-18-11-19(23)13-20(24)12-18)25-14-17-7-9-27(10-8-17)15-21(28)26-22(2,3)4/h5-6,11-13,17,25H,1,7-10,14-15H2,2-4H3,(H,26,28)/b6-5+. The van der Waals surface area contributed by atoms with Crippen LogP contribution in [0.2, 0.25) is 0 Å². The molecule has 0 aromatic heterocycles. The Bertz CT molecular complexity index is 697. The summed E-state index contributed by atoms with van der Waals surface area (Å²) in [6.07, 6.45) is 5.39. The number of hydrogen-bond acceptors (Lipinski definition) is 3. The third kappa shape index (κ3) is 8.21. The van der Waals surface area contributed by atoms with Gasteiger partial charge in [-0.05, 0) is 76.4 Å². The molecular weight excluding hydrogens is 360 g/mol. The molecule has 1 aromatic rings. The van der Waals surface area contributed by atoms with Crippen LogP contribution in [0.15, 0.2) is 36.6 Å². The molecule has 1 heterocycles. The number of piperidine rings is 1. The van der Waals surface area contributed by atoms with E-state index in [1.54, 1.807) is 12.2 Å². The summed E-state index contributed by atoms with van der Waals surface area (Å²) in [4.78, 5) is 14.2. The highest BCUT2D eigenvalue weighted by atomic mass is 19.1. The van der Waals surface area contributed by atoms with Gasteiger partial charge in [-0.3, -0.25) is 9.69 Å². The first-order valence-electron chi connectivity index (χ1n) is 9.71. The van der Waals surface area contributed by atoms with Gasteiger partial charge in [0.15, 0.2) is 0 Å². The van der Waals surface area contributed by atoms with E-state index >= 15 is 0 Å². The lowest BCUT2D eigenvalue weighted by atomic mass is 9.96. The summed E-state index contributed by atoms with van der Waals surface area (Å²) in [5, 5.41) is 6.27. The molecule has 2 rings (SSSR count). The van der Waals surface area contributed by atoms with E-state index in [1.165, 1.54) is 12.1 Å². The van der Waals surface area contributed by atoms with Crippen LogP contribution < -0.4 is 10.6 Å². The molecule has 2 N–H and O–H groups in total. The van der Waals surface area contributed by atoms with Gasteiger partial charge in [0.25, 0.3) is 0 Å². The Labute approximate surface area is 166 Å². The molecule has 0 spiro atoms. The normalized spacial score (nSPS) is 16.3. The maximum Gasteiger partial charge on any atom is 0.234 e. The van der Waals surface area contributed by atoms with Crippen LogP contribution in [0.4, 0.5) is 8.78 Å². The first-order valence-corrected chi connectivity index (χ1v) is 9.71. The van der Waals surface area contributed by atoms with Gasteiger partial charge in [-0.25, -0.2) is 8.78 Å². The van der Waals surface area contributed by atoms with E-state index in [-0.39, 0.29) is 11.4 Å². The molecule has 6 heteroatoms. The number of halogens is 2. The number of nitrogens with one attached hydrogen (secondary N) is 2. The SMILES string of the molecule is C=C(/C=C/c1cc(F)cc(F)c1)NCC1CCN(CC(=O)NC(C)(C)C)CC1. The van der Waals surface area contributed by atoms with Gasteiger partial charge in [0.1, 0.15) is 11.6 Å². The molecule has 0 aliphatic carbocycles. The van der Waals surface area contributed by atoms with Crippen LogP contribution in [0.25, 0.3) is 6.08 Å². The fraction of sp³-hybridized carbons (Fsp3) is 0.500. The Kier molecular flexibility index (Phi) is 7.75.